The lowest BCUT2D eigenvalue weighted by atomic mass is 10.1. The molecule has 0 saturated carbocycles. The van der Waals surface area contributed by atoms with Crippen LogP contribution in [0.25, 0.3) is 0 Å². The van der Waals surface area contributed by atoms with Gasteiger partial charge in [0.2, 0.25) is 17.7 Å². The molecule has 0 heterocycles. The number of carbonyl (C=O) groups excluding carboxylic acids is 3. The van der Waals surface area contributed by atoms with Gasteiger partial charge in [0.25, 0.3) is 0 Å². The van der Waals surface area contributed by atoms with E-state index in [0.717, 1.165) is 0 Å². The summed E-state index contributed by atoms with van der Waals surface area (Å²) in [6, 6.07) is 1.23. The Bertz CT molecular complexity index is 807. The second-order valence-corrected chi connectivity index (χ2v) is 7.76. The van der Waals surface area contributed by atoms with Crippen molar-refractivity contribution in [3.05, 3.63) is 29.8 Å². The predicted molar refractivity (Wildman–Crippen MR) is 123 cm³/mol. The van der Waals surface area contributed by atoms with Gasteiger partial charge in [0.05, 0.1) is 12.1 Å². The molecule has 0 bridgehead atoms. The van der Waals surface area contributed by atoms with Crippen LogP contribution in [-0.2, 0) is 25.6 Å². The molecule has 0 fully saturated rings. The summed E-state index contributed by atoms with van der Waals surface area (Å²) in [5.41, 5.74) is 6.59. The Labute approximate surface area is 196 Å². The Morgan fingerprint density at radius 2 is 1.41 bits per heavy atom. The third-order valence-corrected chi connectivity index (χ3v) is 5.14. The molecule has 13 heteroatoms. The molecule has 5 unspecified atom stereocenters. The second kappa shape index (κ2) is 13.2. The fourth-order valence-electron chi connectivity index (χ4n) is 2.56. The second-order valence-electron chi connectivity index (χ2n) is 7.03. The molecule has 0 aromatic heterocycles. The molecule has 5 atom stereocenters. The van der Waals surface area contributed by atoms with Gasteiger partial charge >= 0.3 is 5.97 Å². The monoisotopic (exact) mass is 488 g/mol. The van der Waals surface area contributed by atoms with Gasteiger partial charge in [0.15, 0.2) is 6.04 Å². The van der Waals surface area contributed by atoms with Crippen LogP contribution in [0.5, 0.6) is 5.75 Å². The minimum Gasteiger partial charge on any atom is -0.508 e. The number of aliphatic hydroxyl groups is 1. The molecule has 0 aliphatic rings. The van der Waals surface area contributed by atoms with Crippen molar-refractivity contribution in [2.24, 2.45) is 5.73 Å². The summed E-state index contributed by atoms with van der Waals surface area (Å²) in [6.45, 7) is 1.20. The van der Waals surface area contributed by atoms with Crippen LogP contribution in [0.1, 0.15) is 12.5 Å². The van der Waals surface area contributed by atoms with E-state index in [2.05, 4.69) is 41.2 Å². The number of nitrogens with one attached hydrogen (secondary N) is 3. The molecule has 178 valence electrons. The Kier molecular flexibility index (Phi) is 11.3. The number of carboxylic acids is 1. The Balaban J connectivity index is 2.72. The molecule has 0 spiro atoms. The zero-order valence-electron chi connectivity index (χ0n) is 17.3. The third-order valence-electron chi connectivity index (χ3n) is 4.41. The smallest absolute Gasteiger partial charge is 0.328 e. The molecule has 8 N–H and O–H groups in total. The number of aliphatic hydroxyl groups excluding tert-OH is 1. The lowest BCUT2D eigenvalue weighted by Gasteiger charge is -2.24. The topological polar surface area (TPSA) is 191 Å². The molecule has 0 radical (unpaired) electrons. The van der Waals surface area contributed by atoms with Crippen LogP contribution in [0.3, 0.4) is 0 Å². The van der Waals surface area contributed by atoms with Crippen LogP contribution in [0, 0.1) is 0 Å². The molecule has 1 rings (SSSR count). The highest BCUT2D eigenvalue weighted by Gasteiger charge is 2.31. The quantitative estimate of drug-likeness (QED) is 0.151. The maximum atomic E-state index is 12.5. The highest BCUT2D eigenvalue weighted by molar-refractivity contribution is 7.80. The van der Waals surface area contributed by atoms with E-state index in [1.54, 1.807) is 12.1 Å². The number of phenolic OH excluding ortho intramolecular Hbond substituents is 1. The number of thiol groups is 2. The molecule has 32 heavy (non-hydrogen) atoms. The van der Waals surface area contributed by atoms with E-state index < -0.39 is 54.0 Å². The minimum atomic E-state index is -1.57. The van der Waals surface area contributed by atoms with Crippen molar-refractivity contribution in [2.45, 2.75) is 43.6 Å². The first-order valence-electron chi connectivity index (χ1n) is 9.57. The summed E-state index contributed by atoms with van der Waals surface area (Å²) in [7, 11) is 0. The number of amides is 3. The van der Waals surface area contributed by atoms with Crippen molar-refractivity contribution in [2.75, 3.05) is 11.5 Å². The molecular weight excluding hydrogens is 460 g/mol. The van der Waals surface area contributed by atoms with E-state index >= 15 is 0 Å². The van der Waals surface area contributed by atoms with Crippen LogP contribution in [0.2, 0.25) is 0 Å². The summed E-state index contributed by atoms with van der Waals surface area (Å²) in [5, 5.41) is 34.8. The van der Waals surface area contributed by atoms with Crippen LogP contribution in [0.4, 0.5) is 0 Å². The zero-order chi connectivity index (χ0) is 24.4. The molecule has 0 aliphatic carbocycles. The number of phenols is 1. The van der Waals surface area contributed by atoms with Crippen molar-refractivity contribution < 1.29 is 34.5 Å². The summed E-state index contributed by atoms with van der Waals surface area (Å²) in [4.78, 5) is 48.4. The number of carboxylic acid groups (broad SMARTS) is 1. The summed E-state index contributed by atoms with van der Waals surface area (Å²) >= 11 is 8.04. The standard InChI is InChI=1S/C19H28N4O7S2/c1-9(24)15(19(29)30)23-18(28)14(8-32)22-17(27)13(7-31)21-16(26)12(20)6-10-2-4-11(25)5-3-10/h2-5,9,12-15,24-25,31-32H,6-8,20H2,1H3,(H,21,26)(H,22,27)(H,23,28)(H,29,30). The van der Waals surface area contributed by atoms with Gasteiger partial charge in [-0.05, 0) is 31.0 Å². The van der Waals surface area contributed by atoms with Gasteiger partial charge in [-0.15, -0.1) is 0 Å². The van der Waals surface area contributed by atoms with Crippen molar-refractivity contribution in [3.8, 4) is 5.75 Å². The van der Waals surface area contributed by atoms with E-state index in [9.17, 15) is 29.4 Å². The lowest BCUT2D eigenvalue weighted by molar-refractivity contribution is -0.145. The summed E-state index contributed by atoms with van der Waals surface area (Å²) in [6.07, 6.45) is -1.21. The predicted octanol–water partition coefficient (Wildman–Crippen LogP) is -1.96. The van der Waals surface area contributed by atoms with Crippen molar-refractivity contribution in [3.63, 3.8) is 0 Å². The molecule has 1 aromatic rings. The van der Waals surface area contributed by atoms with Crippen LogP contribution >= 0.6 is 25.3 Å². The average Bonchev–Trinajstić information content (AvgIpc) is 2.74. The Morgan fingerprint density at radius 1 is 0.938 bits per heavy atom. The SMILES string of the molecule is CC(O)C(NC(=O)C(CS)NC(=O)C(CS)NC(=O)C(N)Cc1ccc(O)cc1)C(=O)O. The van der Waals surface area contributed by atoms with Gasteiger partial charge in [-0.25, -0.2) is 4.79 Å². The van der Waals surface area contributed by atoms with Gasteiger partial charge in [-0.1, -0.05) is 12.1 Å². The van der Waals surface area contributed by atoms with E-state index in [-0.39, 0.29) is 23.7 Å². The van der Waals surface area contributed by atoms with Crippen molar-refractivity contribution in [1.82, 2.24) is 16.0 Å². The number of rotatable bonds is 12. The van der Waals surface area contributed by atoms with Crippen LogP contribution < -0.4 is 21.7 Å². The number of benzene rings is 1. The maximum Gasteiger partial charge on any atom is 0.328 e. The number of carbonyl (C=O) groups is 4. The molecule has 3 amide bonds. The largest absolute Gasteiger partial charge is 0.508 e. The third kappa shape index (κ3) is 8.57. The van der Waals surface area contributed by atoms with Crippen molar-refractivity contribution >= 4 is 48.9 Å². The minimum absolute atomic E-state index is 0.0736. The van der Waals surface area contributed by atoms with Gasteiger partial charge in [-0.3, -0.25) is 14.4 Å². The normalized spacial score (nSPS) is 15.5. The number of nitrogens with two attached hydrogens (primary N) is 1. The highest BCUT2D eigenvalue weighted by Crippen LogP contribution is 2.11. The van der Waals surface area contributed by atoms with Gasteiger partial charge < -0.3 is 37.0 Å². The first-order valence-corrected chi connectivity index (χ1v) is 10.8. The molecular formula is C19H28N4O7S2. The Morgan fingerprint density at radius 3 is 1.84 bits per heavy atom. The fraction of sp³-hybridized carbons (Fsp3) is 0.474. The van der Waals surface area contributed by atoms with Gasteiger partial charge in [0, 0.05) is 11.5 Å². The van der Waals surface area contributed by atoms with Crippen molar-refractivity contribution in [1.29, 1.82) is 0 Å². The summed E-state index contributed by atoms with van der Waals surface area (Å²) < 4.78 is 0. The first-order chi connectivity index (χ1) is 15.0. The highest BCUT2D eigenvalue weighted by atomic mass is 32.1. The molecule has 0 saturated heterocycles. The van der Waals surface area contributed by atoms with E-state index in [1.807, 2.05) is 0 Å². The van der Waals surface area contributed by atoms with Crippen LogP contribution in [0.15, 0.2) is 24.3 Å². The average molecular weight is 489 g/mol. The first kappa shape index (κ1) is 27.6. The number of hydrogen-bond acceptors (Lipinski definition) is 9. The molecule has 1 aromatic carbocycles. The Hall–Kier alpha value is -2.48. The number of aromatic hydroxyl groups is 1. The maximum absolute atomic E-state index is 12.5. The fourth-order valence-corrected chi connectivity index (χ4v) is 3.07. The zero-order valence-corrected chi connectivity index (χ0v) is 19.1. The lowest BCUT2D eigenvalue weighted by Crippen LogP contribution is -2.59. The van der Waals surface area contributed by atoms with Gasteiger partial charge in [0.1, 0.15) is 17.8 Å². The van der Waals surface area contributed by atoms with E-state index in [1.165, 1.54) is 19.1 Å². The molecule has 0 aliphatic heterocycles. The van der Waals surface area contributed by atoms with E-state index in [4.69, 9.17) is 10.8 Å². The number of hydrogen-bond donors (Lipinski definition) is 9. The molecule has 11 nitrogen and oxygen atoms in total. The number of aliphatic carboxylic acids is 1. The summed E-state index contributed by atoms with van der Waals surface area (Å²) in [5.74, 6) is -3.88. The van der Waals surface area contributed by atoms with E-state index in [0.29, 0.717) is 5.56 Å². The van der Waals surface area contributed by atoms with Crippen LogP contribution in [-0.4, -0.2) is 80.8 Å². The van der Waals surface area contributed by atoms with Gasteiger partial charge in [-0.2, -0.15) is 25.3 Å².